The molecule has 2 aliphatic heterocycles. The minimum absolute atomic E-state index is 0.0122. The van der Waals surface area contributed by atoms with Gasteiger partial charge in [0.25, 0.3) is 6.71 Å². The van der Waals surface area contributed by atoms with Gasteiger partial charge in [-0.15, -0.1) is 0 Å². The van der Waals surface area contributed by atoms with E-state index in [9.17, 15) is 0 Å². The number of nitrogens with zero attached hydrogens (tertiary/aromatic N) is 3. The molecule has 490 valence electrons. The summed E-state index contributed by atoms with van der Waals surface area (Å²) in [7, 11) is 0. The Balaban J connectivity index is 0.952. The lowest BCUT2D eigenvalue weighted by atomic mass is 9.33. The van der Waals surface area contributed by atoms with Crippen LogP contribution in [0.15, 0.2) is 224 Å². The van der Waals surface area contributed by atoms with Crippen molar-refractivity contribution in [2.45, 2.75) is 181 Å². The summed E-state index contributed by atoms with van der Waals surface area (Å²) in [5.41, 5.74) is 34.6. The zero-order valence-electron chi connectivity index (χ0n) is 61.1. The Hall–Kier alpha value is -9.12. The summed E-state index contributed by atoms with van der Waals surface area (Å²) < 4.78 is 2.55. The van der Waals surface area contributed by atoms with Gasteiger partial charge in [0.2, 0.25) is 0 Å². The Morgan fingerprint density at radius 3 is 1.13 bits per heavy atom. The van der Waals surface area contributed by atoms with E-state index in [0.29, 0.717) is 0 Å². The second-order valence-electron chi connectivity index (χ2n) is 35.2. The fourth-order valence-electron chi connectivity index (χ4n) is 17.2. The van der Waals surface area contributed by atoms with Crippen molar-refractivity contribution in [3.05, 3.63) is 263 Å². The van der Waals surface area contributed by atoms with E-state index < -0.39 is 0 Å². The van der Waals surface area contributed by atoms with Gasteiger partial charge in [-0.3, -0.25) is 0 Å². The molecule has 0 radical (unpaired) electrons. The molecule has 0 bridgehead atoms. The maximum atomic E-state index is 2.63. The van der Waals surface area contributed by atoms with E-state index in [1.807, 2.05) is 0 Å². The van der Waals surface area contributed by atoms with Crippen molar-refractivity contribution in [1.29, 1.82) is 0 Å². The third-order valence-electron chi connectivity index (χ3n) is 23.6. The maximum absolute atomic E-state index is 2.63. The maximum Gasteiger partial charge on any atom is 0.252 e. The van der Waals surface area contributed by atoms with Crippen LogP contribution in [0.4, 0.5) is 34.1 Å². The topological polar surface area (TPSA) is 11.4 Å². The van der Waals surface area contributed by atoms with Gasteiger partial charge in [-0.05, 0) is 242 Å². The average molecular weight is 1280 g/mol. The van der Waals surface area contributed by atoms with Crippen molar-refractivity contribution in [3.63, 3.8) is 0 Å². The highest BCUT2D eigenvalue weighted by molar-refractivity contribution is 7.00. The number of hydrogen-bond acceptors (Lipinski definition) is 2. The van der Waals surface area contributed by atoms with Crippen molar-refractivity contribution >= 4 is 79.0 Å². The van der Waals surface area contributed by atoms with Crippen molar-refractivity contribution in [2.24, 2.45) is 0 Å². The first-order valence-corrected chi connectivity index (χ1v) is 36.3. The van der Waals surface area contributed by atoms with Crippen molar-refractivity contribution < 1.29 is 0 Å². The number of fused-ring (bicyclic) bond motifs is 9. The second kappa shape index (κ2) is 22.2. The average Bonchev–Trinajstić information content (AvgIpc) is 0.724. The number of hydrogen-bond donors (Lipinski definition) is 0. The zero-order chi connectivity index (χ0) is 68.5. The summed E-state index contributed by atoms with van der Waals surface area (Å²) in [5.74, 6) is 0. The largest absolute Gasteiger partial charge is 0.311 e. The summed E-state index contributed by atoms with van der Waals surface area (Å²) >= 11 is 0. The molecule has 98 heavy (non-hydrogen) atoms. The minimum Gasteiger partial charge on any atom is -0.311 e. The van der Waals surface area contributed by atoms with Gasteiger partial charge in [0, 0.05) is 50.6 Å². The number of anilines is 6. The quantitative estimate of drug-likeness (QED) is 0.147. The minimum atomic E-state index is -0.113. The van der Waals surface area contributed by atoms with E-state index in [-0.39, 0.29) is 44.6 Å². The predicted octanol–water partition coefficient (Wildman–Crippen LogP) is 24.1. The third kappa shape index (κ3) is 10.5. The highest BCUT2D eigenvalue weighted by atomic mass is 15.2. The first-order chi connectivity index (χ1) is 46.4. The molecular formula is C94H96BN3. The lowest BCUT2D eigenvalue weighted by Gasteiger charge is -2.44. The van der Waals surface area contributed by atoms with Crippen LogP contribution in [-0.2, 0) is 37.9 Å². The number of rotatable bonds is 7. The molecule has 1 aromatic heterocycles. The first-order valence-electron chi connectivity index (χ1n) is 36.3. The molecule has 0 saturated heterocycles. The molecule has 4 heteroatoms. The van der Waals surface area contributed by atoms with Gasteiger partial charge in [0.1, 0.15) is 0 Å². The van der Waals surface area contributed by atoms with E-state index in [1.54, 1.807) is 0 Å². The molecular weight excluding hydrogens is 1180 g/mol. The van der Waals surface area contributed by atoms with Gasteiger partial charge < -0.3 is 14.4 Å². The van der Waals surface area contributed by atoms with Crippen LogP contribution in [-0.4, -0.2) is 11.3 Å². The first kappa shape index (κ1) is 63.6. The smallest absolute Gasteiger partial charge is 0.252 e. The Bertz CT molecular complexity index is 5130. The Morgan fingerprint density at radius 1 is 0.286 bits per heavy atom. The molecule has 0 N–H and O–H groups in total. The summed E-state index contributed by atoms with van der Waals surface area (Å²) in [6.45, 7) is 40.3. The van der Waals surface area contributed by atoms with Gasteiger partial charge in [0.05, 0.1) is 11.0 Å². The standard InChI is InChI=1S/C94H96BN3/c1-88(2,3)67-25-21-24-62(50-67)65-32-42-79-83(53-65)96(70-35-26-60(27-36-70)63-30-40-75-77(51-63)93(14,15)48-46-91(75,10)11)85-54-66(59-22-19-18-20-23-59)55-86-87(85)95(79)80-43-39-72(98-81-44-33-68(89(4,5)6)56-73(81)74-57-69(90(7,8)9)34-45-82(74)98)58-84(80)97(86)71-37-28-61(29-38-71)64-31-41-76-78(52-64)94(16,17)49-47-92(76,12)13/h18-45,50-58H,46-49H2,1-17H3. The molecule has 4 aliphatic rings. The highest BCUT2D eigenvalue weighted by Crippen LogP contribution is 2.52. The molecule has 2 aliphatic carbocycles. The third-order valence-corrected chi connectivity index (χ3v) is 23.6. The van der Waals surface area contributed by atoms with Gasteiger partial charge in [0.15, 0.2) is 0 Å². The van der Waals surface area contributed by atoms with Crippen LogP contribution >= 0.6 is 0 Å². The molecule has 0 amide bonds. The van der Waals surface area contributed by atoms with Gasteiger partial charge in [-0.25, -0.2) is 0 Å². The molecule has 3 heterocycles. The van der Waals surface area contributed by atoms with Crippen LogP contribution in [0.2, 0.25) is 0 Å². The highest BCUT2D eigenvalue weighted by Gasteiger charge is 2.45. The van der Waals surface area contributed by atoms with Crippen LogP contribution in [0.1, 0.15) is 182 Å². The lowest BCUT2D eigenvalue weighted by molar-refractivity contribution is 0.332. The molecule has 0 fully saturated rings. The molecule has 0 spiro atoms. The van der Waals surface area contributed by atoms with Crippen LogP contribution < -0.4 is 26.2 Å². The summed E-state index contributed by atoms with van der Waals surface area (Å²) in [5, 5.41) is 2.57. The molecule has 16 rings (SSSR count). The van der Waals surface area contributed by atoms with E-state index in [2.05, 4.69) is 357 Å². The van der Waals surface area contributed by atoms with Crippen LogP contribution in [0.5, 0.6) is 0 Å². The monoisotopic (exact) mass is 1280 g/mol. The summed E-state index contributed by atoms with van der Waals surface area (Å²) in [4.78, 5) is 5.25. The normalized spacial score (nSPS) is 16.5. The summed E-state index contributed by atoms with van der Waals surface area (Å²) in [6, 6.07) is 88.4. The van der Waals surface area contributed by atoms with Gasteiger partial charge in [-0.1, -0.05) is 263 Å². The molecule has 11 aromatic carbocycles. The van der Waals surface area contributed by atoms with Crippen molar-refractivity contribution in [2.75, 3.05) is 9.80 Å². The van der Waals surface area contributed by atoms with E-state index in [1.165, 1.54) is 170 Å². The van der Waals surface area contributed by atoms with Gasteiger partial charge in [-0.2, -0.15) is 0 Å². The van der Waals surface area contributed by atoms with Crippen LogP contribution in [0.3, 0.4) is 0 Å². The molecule has 0 unspecified atom stereocenters. The van der Waals surface area contributed by atoms with Crippen molar-refractivity contribution in [1.82, 2.24) is 4.57 Å². The van der Waals surface area contributed by atoms with E-state index in [0.717, 1.165) is 17.1 Å². The predicted molar refractivity (Wildman–Crippen MR) is 423 cm³/mol. The Kier molecular flexibility index (Phi) is 14.4. The SMILES string of the molecule is CC(C)(C)c1cccc(-c2ccc3c(c2)N(c2ccc(-c4ccc5c(c4)C(C)(C)CCC5(C)C)cc2)c2cc(-c4ccccc4)cc4c2B3c2ccc(-n3c5ccc(C(C)(C)C)cc5c5cc(C(C)(C)C)ccc53)cc2N4c2ccc(-c3ccc4c(c3)C(C)(C)CCC4(C)C)cc2)c1. The van der Waals surface area contributed by atoms with Gasteiger partial charge >= 0.3 is 0 Å². The fraction of sp³-hybridized carbons (Fsp3) is 0.298. The number of benzene rings is 11. The van der Waals surface area contributed by atoms with Crippen LogP contribution in [0, 0.1) is 0 Å². The van der Waals surface area contributed by atoms with Crippen LogP contribution in [0.25, 0.3) is 72.0 Å². The Morgan fingerprint density at radius 2 is 0.653 bits per heavy atom. The van der Waals surface area contributed by atoms with E-state index in [4.69, 9.17) is 0 Å². The Labute approximate surface area is 584 Å². The van der Waals surface area contributed by atoms with Crippen molar-refractivity contribution in [3.8, 4) is 50.2 Å². The number of aromatic nitrogens is 1. The summed E-state index contributed by atoms with van der Waals surface area (Å²) in [6.07, 6.45) is 4.75. The second-order valence-corrected chi connectivity index (χ2v) is 35.2. The molecule has 12 aromatic rings. The molecule has 3 nitrogen and oxygen atoms in total. The molecule has 0 atom stereocenters. The van der Waals surface area contributed by atoms with E-state index >= 15 is 0 Å². The zero-order valence-corrected chi connectivity index (χ0v) is 61.1. The molecule has 0 saturated carbocycles. The fourth-order valence-corrected chi connectivity index (χ4v) is 17.2. The lowest BCUT2D eigenvalue weighted by Crippen LogP contribution is -2.61.